The fraction of sp³-hybridized carbons (Fsp3) is 0.231. The zero-order valence-corrected chi connectivity index (χ0v) is 19.9. The van der Waals surface area contributed by atoms with Gasteiger partial charge in [0.25, 0.3) is 5.91 Å². The van der Waals surface area contributed by atoms with Crippen LogP contribution in [0.5, 0.6) is 5.75 Å². The van der Waals surface area contributed by atoms with Crippen molar-refractivity contribution in [1.29, 1.82) is 0 Å². The number of nitrogens with zero attached hydrogens (tertiary/aromatic N) is 2. The van der Waals surface area contributed by atoms with Gasteiger partial charge in [0.05, 0.1) is 28.5 Å². The minimum absolute atomic E-state index is 0.276. The average molecular weight is 525 g/mol. The molecule has 3 aromatic rings. The number of fused-ring (bicyclic) bond motifs is 1. The van der Waals surface area contributed by atoms with E-state index in [-0.39, 0.29) is 10.4 Å². The third-order valence-corrected chi connectivity index (χ3v) is 6.59. The molecule has 3 atom stereocenters. The highest BCUT2D eigenvalue weighted by Crippen LogP contribution is 2.48. The highest BCUT2D eigenvalue weighted by atomic mass is 79.9. The number of ether oxygens (including phenoxy) is 1. The molecule has 2 aliphatic rings. The third kappa shape index (κ3) is 3.86. The number of para-hydroxylation sites is 1. The molecule has 2 aliphatic heterocycles. The van der Waals surface area contributed by atoms with Crippen LogP contribution in [-0.4, -0.2) is 24.5 Å². The normalized spacial score (nSPS) is 21.8. The zero-order chi connectivity index (χ0) is 23.8. The van der Waals surface area contributed by atoms with E-state index in [4.69, 9.17) is 9.57 Å². The average Bonchev–Trinajstić information content (AvgIpc) is 3.36. The fourth-order valence-corrected chi connectivity index (χ4v) is 4.81. The third-order valence-electron chi connectivity index (χ3n) is 5.98. The lowest BCUT2D eigenvalue weighted by molar-refractivity contribution is -0.126. The summed E-state index contributed by atoms with van der Waals surface area (Å²) in [7, 11) is 0. The number of benzene rings is 3. The molecule has 0 unspecified atom stereocenters. The molecule has 2 heterocycles. The molecule has 3 aromatic carbocycles. The molecule has 174 valence electrons. The molecule has 0 aromatic heterocycles. The van der Waals surface area contributed by atoms with Gasteiger partial charge < -0.3 is 4.74 Å². The van der Waals surface area contributed by atoms with Crippen molar-refractivity contribution in [2.45, 2.75) is 25.5 Å². The molecule has 0 radical (unpaired) electrons. The maximum atomic E-state index is 14.0. The molecule has 0 bridgehead atoms. The molecule has 0 aliphatic carbocycles. The van der Waals surface area contributed by atoms with Gasteiger partial charge in [0.2, 0.25) is 5.91 Å². The van der Waals surface area contributed by atoms with Crippen molar-refractivity contribution >= 4 is 39.1 Å². The first-order valence-corrected chi connectivity index (χ1v) is 11.9. The van der Waals surface area contributed by atoms with E-state index in [0.29, 0.717) is 29.3 Å². The first-order chi connectivity index (χ1) is 16.5. The Morgan fingerprint density at radius 2 is 1.71 bits per heavy atom. The Morgan fingerprint density at radius 3 is 2.38 bits per heavy atom. The topological polar surface area (TPSA) is 59.1 Å². The first kappa shape index (κ1) is 22.6. The summed E-state index contributed by atoms with van der Waals surface area (Å²) in [5.74, 6) is -1.32. The number of carbonyl (C=O) groups excluding carboxylic acids is 2. The van der Waals surface area contributed by atoms with Crippen LogP contribution in [0.4, 0.5) is 15.8 Å². The standard InChI is InChI=1S/C26H22BrFN2O4/c1-2-14-33-19-11-9-17(10-12-19)29-25(31)22-23(16-8-13-21(28)20(27)15-16)30(34-24(22)26(29)32)18-6-4-3-5-7-18/h3-13,15,22-24H,2,14H2,1H3/t22-,23-,24+/m1/s1. The molecular formula is C26H22BrFN2O4. The van der Waals surface area contributed by atoms with Crippen LogP contribution in [0.1, 0.15) is 24.9 Å². The molecule has 0 N–H and O–H groups in total. The number of amides is 2. The summed E-state index contributed by atoms with van der Waals surface area (Å²) in [6, 6.07) is 20.1. The number of hydrogen-bond acceptors (Lipinski definition) is 5. The van der Waals surface area contributed by atoms with Crippen LogP contribution in [0.15, 0.2) is 77.3 Å². The van der Waals surface area contributed by atoms with Crippen LogP contribution in [0.3, 0.4) is 0 Å². The maximum Gasteiger partial charge on any atom is 0.266 e. The first-order valence-electron chi connectivity index (χ1n) is 11.1. The van der Waals surface area contributed by atoms with Crippen LogP contribution in [0, 0.1) is 11.7 Å². The van der Waals surface area contributed by atoms with Crippen molar-refractivity contribution in [3.63, 3.8) is 0 Å². The van der Waals surface area contributed by atoms with Crippen LogP contribution in [0.2, 0.25) is 0 Å². The van der Waals surface area contributed by atoms with Crippen molar-refractivity contribution in [1.82, 2.24) is 0 Å². The maximum absolute atomic E-state index is 14.0. The van der Waals surface area contributed by atoms with Gasteiger partial charge in [-0.05, 0) is 76.4 Å². The number of hydroxylamine groups is 1. The second-order valence-electron chi connectivity index (χ2n) is 8.19. The molecule has 0 spiro atoms. The van der Waals surface area contributed by atoms with E-state index in [2.05, 4.69) is 15.9 Å². The fourth-order valence-electron chi connectivity index (χ4n) is 4.41. The van der Waals surface area contributed by atoms with Crippen LogP contribution >= 0.6 is 15.9 Å². The Morgan fingerprint density at radius 1 is 0.971 bits per heavy atom. The van der Waals surface area contributed by atoms with E-state index in [1.165, 1.54) is 11.0 Å². The van der Waals surface area contributed by atoms with Crippen molar-refractivity contribution in [2.24, 2.45) is 5.92 Å². The number of carbonyl (C=O) groups is 2. The minimum atomic E-state index is -0.988. The second-order valence-corrected chi connectivity index (χ2v) is 9.04. The Kier molecular flexibility index (Phi) is 6.10. The summed E-state index contributed by atoms with van der Waals surface area (Å²) in [4.78, 5) is 34.3. The summed E-state index contributed by atoms with van der Waals surface area (Å²) in [5.41, 5.74) is 1.82. The summed E-state index contributed by atoms with van der Waals surface area (Å²) in [5, 5.41) is 1.59. The summed E-state index contributed by atoms with van der Waals surface area (Å²) in [6.07, 6.45) is -0.109. The monoisotopic (exact) mass is 524 g/mol. The number of imide groups is 1. The second kappa shape index (κ2) is 9.19. The van der Waals surface area contributed by atoms with Gasteiger partial charge in [-0.1, -0.05) is 31.2 Å². The van der Waals surface area contributed by atoms with Crippen molar-refractivity contribution in [2.75, 3.05) is 16.6 Å². The van der Waals surface area contributed by atoms with Crippen molar-refractivity contribution in [3.05, 3.63) is 88.6 Å². The highest BCUT2D eigenvalue weighted by Gasteiger charge is 2.60. The van der Waals surface area contributed by atoms with Gasteiger partial charge in [0.15, 0.2) is 6.10 Å². The van der Waals surface area contributed by atoms with Crippen LogP contribution < -0.4 is 14.7 Å². The van der Waals surface area contributed by atoms with Crippen LogP contribution in [0.25, 0.3) is 0 Å². The molecular weight excluding hydrogens is 503 g/mol. The molecule has 2 saturated heterocycles. The van der Waals surface area contributed by atoms with E-state index in [1.807, 2.05) is 37.3 Å². The quantitative estimate of drug-likeness (QED) is 0.402. The number of hydrogen-bond donors (Lipinski definition) is 0. The lowest BCUT2D eigenvalue weighted by Crippen LogP contribution is -2.37. The SMILES string of the molecule is CCCOc1ccc(N2C(=O)[C@H]3[C@H](ON(c4ccccc4)[C@@H]3c3ccc(F)c(Br)c3)C2=O)cc1. The Hall–Kier alpha value is -3.23. The Labute approximate surface area is 205 Å². The molecule has 8 heteroatoms. The number of anilines is 2. The smallest absolute Gasteiger partial charge is 0.266 e. The van der Waals surface area contributed by atoms with E-state index in [9.17, 15) is 14.0 Å². The molecule has 5 rings (SSSR count). The molecule has 2 amide bonds. The van der Waals surface area contributed by atoms with Gasteiger partial charge in [-0.25, -0.2) is 14.4 Å². The number of halogens is 2. The van der Waals surface area contributed by atoms with Gasteiger partial charge in [0.1, 0.15) is 17.5 Å². The van der Waals surface area contributed by atoms with Gasteiger partial charge in [-0.3, -0.25) is 14.4 Å². The molecule has 34 heavy (non-hydrogen) atoms. The predicted octanol–water partition coefficient (Wildman–Crippen LogP) is 5.43. The lowest BCUT2D eigenvalue weighted by atomic mass is 9.90. The van der Waals surface area contributed by atoms with E-state index < -0.39 is 29.8 Å². The van der Waals surface area contributed by atoms with E-state index in [1.54, 1.807) is 41.5 Å². The molecule has 0 saturated carbocycles. The van der Waals surface area contributed by atoms with E-state index >= 15 is 0 Å². The summed E-state index contributed by atoms with van der Waals surface area (Å²) >= 11 is 3.23. The van der Waals surface area contributed by atoms with Gasteiger partial charge in [0, 0.05) is 0 Å². The molecule has 6 nitrogen and oxygen atoms in total. The van der Waals surface area contributed by atoms with Crippen molar-refractivity contribution < 1.29 is 23.6 Å². The van der Waals surface area contributed by atoms with Crippen molar-refractivity contribution in [3.8, 4) is 5.75 Å². The van der Waals surface area contributed by atoms with E-state index in [0.717, 1.165) is 6.42 Å². The summed E-state index contributed by atoms with van der Waals surface area (Å²) in [6.45, 7) is 2.60. The predicted molar refractivity (Wildman–Crippen MR) is 129 cm³/mol. The zero-order valence-electron chi connectivity index (χ0n) is 18.4. The minimum Gasteiger partial charge on any atom is -0.494 e. The van der Waals surface area contributed by atoms with Gasteiger partial charge >= 0.3 is 0 Å². The van der Waals surface area contributed by atoms with Gasteiger partial charge in [-0.2, -0.15) is 0 Å². The largest absolute Gasteiger partial charge is 0.494 e. The Bertz CT molecular complexity index is 1220. The highest BCUT2D eigenvalue weighted by molar-refractivity contribution is 9.10. The molecule has 2 fully saturated rings. The lowest BCUT2D eigenvalue weighted by Gasteiger charge is -2.29. The van der Waals surface area contributed by atoms with Gasteiger partial charge in [-0.15, -0.1) is 0 Å². The summed E-state index contributed by atoms with van der Waals surface area (Å²) < 4.78 is 19.9. The Balaban J connectivity index is 1.51. The number of rotatable bonds is 6. The van der Waals surface area contributed by atoms with Crippen LogP contribution in [-0.2, 0) is 14.4 Å².